The Balaban J connectivity index is 1.39. The van der Waals surface area contributed by atoms with Gasteiger partial charge in [0.15, 0.2) is 0 Å². The number of aryl methyl sites for hydroxylation is 1. The third kappa shape index (κ3) is 3.53. The summed E-state index contributed by atoms with van der Waals surface area (Å²) in [6, 6.07) is 10.5. The molecular formula is C23H30N4O2. The Kier molecular flexibility index (Phi) is 5.35. The van der Waals surface area contributed by atoms with Gasteiger partial charge in [-0.1, -0.05) is 36.8 Å². The van der Waals surface area contributed by atoms with Crippen molar-refractivity contribution < 1.29 is 9.59 Å². The van der Waals surface area contributed by atoms with Crippen molar-refractivity contribution in [2.24, 2.45) is 5.92 Å². The van der Waals surface area contributed by atoms with Crippen LogP contribution in [0.2, 0.25) is 0 Å². The minimum absolute atomic E-state index is 0.0501. The summed E-state index contributed by atoms with van der Waals surface area (Å²) in [6.45, 7) is 8.19. The Morgan fingerprint density at radius 1 is 1.28 bits per heavy atom. The molecule has 0 aromatic heterocycles. The Bertz CT molecular complexity index is 830. The third-order valence-electron chi connectivity index (χ3n) is 6.91. The minimum atomic E-state index is -0.285. The summed E-state index contributed by atoms with van der Waals surface area (Å²) in [6.07, 6.45) is 2.52. The second-order valence-electron chi connectivity index (χ2n) is 8.91. The molecule has 154 valence electrons. The lowest BCUT2D eigenvalue weighted by atomic mass is 10.0. The van der Waals surface area contributed by atoms with Gasteiger partial charge in [0.05, 0.1) is 18.2 Å². The van der Waals surface area contributed by atoms with E-state index < -0.39 is 0 Å². The van der Waals surface area contributed by atoms with Crippen LogP contribution in [0.5, 0.6) is 0 Å². The van der Waals surface area contributed by atoms with Crippen molar-refractivity contribution >= 4 is 11.8 Å². The molecule has 4 rings (SSSR count). The molecule has 3 aliphatic heterocycles. The Morgan fingerprint density at radius 3 is 2.66 bits per heavy atom. The molecule has 6 nitrogen and oxygen atoms in total. The van der Waals surface area contributed by atoms with Crippen molar-refractivity contribution in [3.8, 4) is 6.07 Å². The van der Waals surface area contributed by atoms with Gasteiger partial charge in [0.25, 0.3) is 0 Å². The zero-order valence-corrected chi connectivity index (χ0v) is 17.5. The van der Waals surface area contributed by atoms with E-state index in [1.165, 1.54) is 11.1 Å². The molecule has 0 spiro atoms. The van der Waals surface area contributed by atoms with Crippen LogP contribution in [0.1, 0.15) is 50.3 Å². The van der Waals surface area contributed by atoms with Gasteiger partial charge in [-0.25, -0.2) is 0 Å². The van der Waals surface area contributed by atoms with Crippen LogP contribution in [-0.2, 0) is 9.59 Å². The number of likely N-dealkylation sites (tertiary alicyclic amines) is 3. The lowest BCUT2D eigenvalue weighted by Crippen LogP contribution is -2.53. The van der Waals surface area contributed by atoms with Crippen LogP contribution in [0.25, 0.3) is 0 Å². The molecule has 3 fully saturated rings. The van der Waals surface area contributed by atoms with E-state index in [9.17, 15) is 14.9 Å². The number of carbonyl (C=O) groups excluding carboxylic acids is 2. The van der Waals surface area contributed by atoms with E-state index in [1.807, 2.05) is 11.8 Å². The number of hydrogen-bond donors (Lipinski definition) is 0. The summed E-state index contributed by atoms with van der Waals surface area (Å²) in [5.74, 6) is 0.0401. The second kappa shape index (κ2) is 7.79. The number of piperazine rings is 1. The average Bonchev–Trinajstić information content (AvgIpc) is 3.41. The molecule has 3 aliphatic rings. The van der Waals surface area contributed by atoms with Crippen LogP contribution in [-0.4, -0.2) is 64.3 Å². The van der Waals surface area contributed by atoms with Gasteiger partial charge in [0.1, 0.15) is 6.04 Å². The molecule has 0 radical (unpaired) electrons. The lowest BCUT2D eigenvalue weighted by molar-refractivity contribution is -0.142. The highest BCUT2D eigenvalue weighted by Crippen LogP contribution is 2.38. The minimum Gasteiger partial charge on any atom is -0.330 e. The Hall–Kier alpha value is -2.39. The van der Waals surface area contributed by atoms with Crippen molar-refractivity contribution in [1.82, 2.24) is 14.7 Å². The van der Waals surface area contributed by atoms with Gasteiger partial charge in [-0.05, 0) is 38.7 Å². The summed E-state index contributed by atoms with van der Waals surface area (Å²) in [5.41, 5.74) is 2.39. The molecule has 3 saturated heterocycles. The molecule has 5 atom stereocenters. The number of rotatable bonds is 5. The van der Waals surface area contributed by atoms with Crippen molar-refractivity contribution in [1.29, 1.82) is 5.26 Å². The molecule has 2 bridgehead atoms. The van der Waals surface area contributed by atoms with Crippen LogP contribution in [0.3, 0.4) is 0 Å². The van der Waals surface area contributed by atoms with Gasteiger partial charge >= 0.3 is 0 Å². The first-order valence-corrected chi connectivity index (χ1v) is 10.7. The molecule has 3 heterocycles. The van der Waals surface area contributed by atoms with E-state index >= 15 is 0 Å². The maximum atomic E-state index is 13.1. The fraction of sp³-hybridized carbons (Fsp3) is 0.609. The molecule has 0 aliphatic carbocycles. The largest absolute Gasteiger partial charge is 0.330 e. The highest BCUT2D eigenvalue weighted by Gasteiger charge is 2.51. The van der Waals surface area contributed by atoms with Gasteiger partial charge < -0.3 is 9.80 Å². The first kappa shape index (κ1) is 19.9. The second-order valence-corrected chi connectivity index (χ2v) is 8.91. The van der Waals surface area contributed by atoms with Crippen molar-refractivity contribution in [3.05, 3.63) is 35.4 Å². The van der Waals surface area contributed by atoms with Crippen LogP contribution < -0.4 is 0 Å². The fourth-order valence-electron chi connectivity index (χ4n) is 5.28. The molecule has 0 unspecified atom stereocenters. The zero-order chi connectivity index (χ0) is 20.7. The number of amides is 2. The average molecular weight is 395 g/mol. The molecule has 1 aromatic carbocycles. The monoisotopic (exact) mass is 394 g/mol. The summed E-state index contributed by atoms with van der Waals surface area (Å²) < 4.78 is 0. The van der Waals surface area contributed by atoms with E-state index in [-0.39, 0.29) is 41.9 Å². The maximum Gasteiger partial charge on any atom is 0.240 e. The molecular weight excluding hydrogens is 364 g/mol. The topological polar surface area (TPSA) is 67.7 Å². The van der Waals surface area contributed by atoms with E-state index in [4.69, 9.17) is 0 Å². The standard InChI is InChI=1S/C23H30N4O2/c1-15-6-8-18(9-7-15)17(3)27-20-11-21(23(27)29)25(14-20)13-16(2)22(28)26-10-4-5-19(26)12-24/h6-9,16-17,19-21H,4-5,10-11,13-14H2,1-3H3/t16-,17-,19-,20+,21+/m0/s1. The van der Waals surface area contributed by atoms with Crippen LogP contribution in [0, 0.1) is 24.2 Å². The van der Waals surface area contributed by atoms with Gasteiger partial charge in [-0.2, -0.15) is 5.26 Å². The van der Waals surface area contributed by atoms with Gasteiger partial charge in [-0.15, -0.1) is 0 Å². The van der Waals surface area contributed by atoms with Crippen molar-refractivity contribution in [3.63, 3.8) is 0 Å². The summed E-state index contributed by atoms with van der Waals surface area (Å²) in [4.78, 5) is 31.9. The lowest BCUT2D eigenvalue weighted by Gasteiger charge is -2.38. The SMILES string of the molecule is Cc1ccc([C@H](C)N2C(=O)[C@H]3C[C@@H]2CN3C[C@H](C)C(=O)N2CCC[C@H]2C#N)cc1. The normalized spacial score (nSPS) is 28.6. The highest BCUT2D eigenvalue weighted by molar-refractivity contribution is 5.86. The molecule has 0 saturated carbocycles. The van der Waals surface area contributed by atoms with E-state index in [1.54, 1.807) is 4.90 Å². The summed E-state index contributed by atoms with van der Waals surface area (Å²) in [5, 5.41) is 9.26. The van der Waals surface area contributed by atoms with Crippen LogP contribution >= 0.6 is 0 Å². The number of nitrogens with zero attached hydrogens (tertiary/aromatic N) is 4. The Labute approximate surface area is 173 Å². The molecule has 1 aromatic rings. The highest BCUT2D eigenvalue weighted by atomic mass is 16.2. The number of carbonyl (C=O) groups is 2. The predicted molar refractivity (Wildman–Crippen MR) is 110 cm³/mol. The molecule has 2 amide bonds. The number of benzene rings is 1. The van der Waals surface area contributed by atoms with Crippen LogP contribution in [0.15, 0.2) is 24.3 Å². The van der Waals surface area contributed by atoms with E-state index in [2.05, 4.69) is 49.1 Å². The summed E-state index contributed by atoms with van der Waals surface area (Å²) >= 11 is 0. The first-order valence-electron chi connectivity index (χ1n) is 10.7. The maximum absolute atomic E-state index is 13.1. The number of fused-ring (bicyclic) bond motifs is 2. The fourth-order valence-corrected chi connectivity index (χ4v) is 5.28. The smallest absolute Gasteiger partial charge is 0.240 e. The van der Waals surface area contributed by atoms with Gasteiger partial charge in [-0.3, -0.25) is 14.5 Å². The van der Waals surface area contributed by atoms with Crippen molar-refractivity contribution in [2.45, 2.75) is 64.2 Å². The number of hydrogen-bond acceptors (Lipinski definition) is 4. The quantitative estimate of drug-likeness (QED) is 0.770. The molecule has 0 N–H and O–H groups in total. The van der Waals surface area contributed by atoms with E-state index in [0.29, 0.717) is 13.1 Å². The third-order valence-corrected chi connectivity index (χ3v) is 6.91. The number of nitriles is 1. The van der Waals surface area contributed by atoms with E-state index in [0.717, 1.165) is 25.8 Å². The zero-order valence-electron chi connectivity index (χ0n) is 17.5. The Morgan fingerprint density at radius 2 is 2.00 bits per heavy atom. The van der Waals surface area contributed by atoms with Crippen molar-refractivity contribution in [2.75, 3.05) is 19.6 Å². The molecule has 29 heavy (non-hydrogen) atoms. The van der Waals surface area contributed by atoms with Crippen LogP contribution in [0.4, 0.5) is 0 Å². The van der Waals surface area contributed by atoms with Gasteiger partial charge in [0, 0.05) is 31.6 Å². The summed E-state index contributed by atoms with van der Waals surface area (Å²) in [7, 11) is 0. The molecule has 6 heteroatoms. The van der Waals surface area contributed by atoms with Gasteiger partial charge in [0.2, 0.25) is 11.8 Å². The predicted octanol–water partition coefficient (Wildman–Crippen LogP) is 2.49. The first-order chi connectivity index (χ1) is 13.9.